The van der Waals surface area contributed by atoms with E-state index < -0.39 is 5.97 Å². The van der Waals surface area contributed by atoms with E-state index in [1.54, 1.807) is 0 Å². The standard InChI is InChI=1S/C17H13IO4/c18-10-3-1-2-9(6-10)8-21-11-4-5-12-13(7-11)22-16-14(12)15(16)17(19)20/h1-7,14-16H,8H2,(H,19,20). The summed E-state index contributed by atoms with van der Waals surface area (Å²) in [6.45, 7) is 0.500. The van der Waals surface area contributed by atoms with Gasteiger partial charge in [-0.25, -0.2) is 0 Å². The summed E-state index contributed by atoms with van der Waals surface area (Å²) in [4.78, 5) is 11.0. The molecule has 1 fully saturated rings. The van der Waals surface area contributed by atoms with E-state index in [-0.39, 0.29) is 17.9 Å². The fraction of sp³-hybridized carbons (Fsp3) is 0.235. The van der Waals surface area contributed by atoms with E-state index in [0.717, 1.165) is 22.6 Å². The monoisotopic (exact) mass is 408 g/mol. The third kappa shape index (κ3) is 2.33. The second-order valence-corrected chi connectivity index (χ2v) is 6.84. The summed E-state index contributed by atoms with van der Waals surface area (Å²) in [5, 5.41) is 9.07. The molecule has 3 unspecified atom stereocenters. The lowest BCUT2D eigenvalue weighted by Crippen LogP contribution is -2.08. The maximum atomic E-state index is 11.0. The molecule has 2 aromatic rings. The van der Waals surface area contributed by atoms with Crippen molar-refractivity contribution in [3.05, 3.63) is 57.2 Å². The molecule has 0 radical (unpaired) electrons. The lowest BCUT2D eigenvalue weighted by molar-refractivity contribution is -0.139. The maximum absolute atomic E-state index is 11.0. The predicted octanol–water partition coefficient (Wildman–Crippen LogP) is 3.43. The molecule has 0 aromatic heterocycles. The molecule has 0 spiro atoms. The Labute approximate surface area is 141 Å². The first-order valence-corrected chi connectivity index (χ1v) is 8.12. The number of halogens is 1. The van der Waals surface area contributed by atoms with E-state index in [0.29, 0.717) is 6.61 Å². The number of ether oxygens (including phenoxy) is 2. The minimum atomic E-state index is -0.778. The molecule has 22 heavy (non-hydrogen) atoms. The van der Waals surface area contributed by atoms with Gasteiger partial charge in [0.05, 0.1) is 0 Å². The third-order valence-electron chi connectivity index (χ3n) is 4.14. The number of fused-ring (bicyclic) bond motifs is 3. The second kappa shape index (κ2) is 5.15. The fourth-order valence-electron chi connectivity index (χ4n) is 3.02. The smallest absolute Gasteiger partial charge is 0.311 e. The Kier molecular flexibility index (Phi) is 3.25. The lowest BCUT2D eigenvalue weighted by atomic mass is 10.1. The van der Waals surface area contributed by atoms with Gasteiger partial charge in [-0.3, -0.25) is 4.79 Å². The predicted molar refractivity (Wildman–Crippen MR) is 88.2 cm³/mol. The van der Waals surface area contributed by atoms with Crippen molar-refractivity contribution < 1.29 is 19.4 Å². The van der Waals surface area contributed by atoms with Crippen molar-refractivity contribution >= 4 is 28.6 Å². The van der Waals surface area contributed by atoms with Crippen LogP contribution in [0.1, 0.15) is 17.0 Å². The van der Waals surface area contributed by atoms with Gasteiger partial charge in [-0.15, -0.1) is 0 Å². The number of rotatable bonds is 4. The Morgan fingerprint density at radius 3 is 2.91 bits per heavy atom. The average molecular weight is 408 g/mol. The first-order valence-electron chi connectivity index (χ1n) is 7.04. The van der Waals surface area contributed by atoms with Gasteiger partial charge < -0.3 is 14.6 Å². The summed E-state index contributed by atoms with van der Waals surface area (Å²) in [6, 6.07) is 13.8. The number of hydrogen-bond donors (Lipinski definition) is 1. The first kappa shape index (κ1) is 13.9. The maximum Gasteiger partial charge on any atom is 0.311 e. The van der Waals surface area contributed by atoms with Crippen LogP contribution in [0.5, 0.6) is 11.5 Å². The largest absolute Gasteiger partial charge is 0.489 e. The van der Waals surface area contributed by atoms with Crippen LogP contribution >= 0.6 is 22.6 Å². The van der Waals surface area contributed by atoms with Gasteiger partial charge in [-0.1, -0.05) is 18.2 Å². The zero-order valence-electron chi connectivity index (χ0n) is 11.5. The number of benzene rings is 2. The lowest BCUT2D eigenvalue weighted by Gasteiger charge is -2.10. The summed E-state index contributed by atoms with van der Waals surface area (Å²) in [5.74, 6) is 0.348. The Morgan fingerprint density at radius 1 is 1.27 bits per heavy atom. The molecule has 112 valence electrons. The van der Waals surface area contributed by atoms with Crippen molar-refractivity contribution in [2.45, 2.75) is 18.6 Å². The summed E-state index contributed by atoms with van der Waals surface area (Å²) in [7, 11) is 0. The summed E-state index contributed by atoms with van der Waals surface area (Å²) < 4.78 is 12.7. The topological polar surface area (TPSA) is 55.8 Å². The van der Waals surface area contributed by atoms with Gasteiger partial charge in [0.2, 0.25) is 0 Å². The number of carbonyl (C=O) groups is 1. The molecule has 1 saturated carbocycles. The highest BCUT2D eigenvalue weighted by Gasteiger charge is 2.63. The Morgan fingerprint density at radius 2 is 2.14 bits per heavy atom. The van der Waals surface area contributed by atoms with E-state index in [1.165, 1.54) is 3.57 Å². The number of hydrogen-bond acceptors (Lipinski definition) is 3. The average Bonchev–Trinajstić information content (AvgIpc) is 3.09. The molecule has 1 N–H and O–H groups in total. The van der Waals surface area contributed by atoms with Gasteiger partial charge >= 0.3 is 5.97 Å². The zero-order chi connectivity index (χ0) is 15.3. The molecule has 1 heterocycles. The van der Waals surface area contributed by atoms with Crippen molar-refractivity contribution in [2.24, 2.45) is 5.92 Å². The fourth-order valence-corrected chi connectivity index (χ4v) is 3.62. The molecule has 0 bridgehead atoms. The minimum Gasteiger partial charge on any atom is -0.489 e. The highest BCUT2D eigenvalue weighted by Crippen LogP contribution is 2.58. The van der Waals surface area contributed by atoms with Crippen molar-refractivity contribution in [2.75, 3.05) is 0 Å². The zero-order valence-corrected chi connectivity index (χ0v) is 13.7. The van der Waals surface area contributed by atoms with E-state index in [2.05, 4.69) is 28.7 Å². The second-order valence-electron chi connectivity index (χ2n) is 5.59. The number of carboxylic acids is 1. The summed E-state index contributed by atoms with van der Waals surface area (Å²) >= 11 is 2.27. The molecule has 5 heteroatoms. The Hall–Kier alpha value is -1.76. The normalized spacial score (nSPS) is 24.1. The van der Waals surface area contributed by atoms with Crippen LogP contribution in [-0.4, -0.2) is 17.2 Å². The molecule has 0 saturated heterocycles. The van der Waals surface area contributed by atoms with Crippen LogP contribution in [0, 0.1) is 9.49 Å². The molecule has 3 atom stereocenters. The summed E-state index contributed by atoms with van der Waals surface area (Å²) in [6.07, 6.45) is -0.196. The summed E-state index contributed by atoms with van der Waals surface area (Å²) in [5.41, 5.74) is 2.10. The minimum absolute atomic E-state index is 0.0113. The van der Waals surface area contributed by atoms with Crippen molar-refractivity contribution in [1.82, 2.24) is 0 Å². The number of carboxylic acid groups (broad SMARTS) is 1. The quantitative estimate of drug-likeness (QED) is 0.788. The van der Waals surface area contributed by atoms with E-state index in [1.807, 2.05) is 36.4 Å². The molecular weight excluding hydrogens is 395 g/mol. The van der Waals surface area contributed by atoms with Crippen molar-refractivity contribution in [1.29, 1.82) is 0 Å². The Balaban J connectivity index is 1.46. The van der Waals surface area contributed by atoms with E-state index in [9.17, 15) is 4.79 Å². The van der Waals surface area contributed by atoms with Gasteiger partial charge in [0.1, 0.15) is 30.1 Å². The van der Waals surface area contributed by atoms with Gasteiger partial charge in [-0.05, 0) is 46.4 Å². The van der Waals surface area contributed by atoms with Gasteiger partial charge in [0, 0.05) is 21.1 Å². The highest BCUT2D eigenvalue weighted by atomic mass is 127. The van der Waals surface area contributed by atoms with Gasteiger partial charge in [-0.2, -0.15) is 0 Å². The molecule has 2 aliphatic rings. The van der Waals surface area contributed by atoms with Crippen LogP contribution < -0.4 is 9.47 Å². The third-order valence-corrected chi connectivity index (χ3v) is 4.81. The van der Waals surface area contributed by atoms with Crippen LogP contribution in [0.3, 0.4) is 0 Å². The van der Waals surface area contributed by atoms with Crippen molar-refractivity contribution in [3.63, 3.8) is 0 Å². The molecular formula is C17H13IO4. The molecule has 2 aromatic carbocycles. The van der Waals surface area contributed by atoms with Crippen LogP contribution in [0.15, 0.2) is 42.5 Å². The highest BCUT2D eigenvalue weighted by molar-refractivity contribution is 14.1. The van der Waals surface area contributed by atoms with Crippen LogP contribution in [-0.2, 0) is 11.4 Å². The molecule has 4 rings (SSSR count). The molecule has 4 nitrogen and oxygen atoms in total. The first-order chi connectivity index (χ1) is 10.6. The molecule has 1 aliphatic heterocycles. The van der Waals surface area contributed by atoms with Crippen LogP contribution in [0.2, 0.25) is 0 Å². The van der Waals surface area contributed by atoms with Gasteiger partial charge in [0.25, 0.3) is 0 Å². The molecule has 1 aliphatic carbocycles. The Bertz CT molecular complexity index is 758. The van der Waals surface area contributed by atoms with Crippen LogP contribution in [0.25, 0.3) is 0 Å². The SMILES string of the molecule is O=C(O)C1C2Oc3cc(OCc4cccc(I)c4)ccc3C21. The van der Waals surface area contributed by atoms with Crippen LogP contribution in [0.4, 0.5) is 0 Å². The van der Waals surface area contributed by atoms with E-state index >= 15 is 0 Å². The molecule has 0 amide bonds. The van der Waals surface area contributed by atoms with Gasteiger partial charge in [0.15, 0.2) is 0 Å². The van der Waals surface area contributed by atoms with E-state index in [4.69, 9.17) is 14.6 Å². The number of aliphatic carboxylic acids is 1. The van der Waals surface area contributed by atoms with Crippen molar-refractivity contribution in [3.8, 4) is 11.5 Å².